The zero-order valence-corrected chi connectivity index (χ0v) is 21.2. The molecular weight excluding hydrogens is 438 g/mol. The van der Waals surface area contributed by atoms with Crippen LogP contribution in [0.2, 0.25) is 0 Å². The Labute approximate surface area is 208 Å². The lowest BCUT2D eigenvalue weighted by atomic mass is 9.97. The van der Waals surface area contributed by atoms with E-state index in [-0.39, 0.29) is 12.0 Å². The third kappa shape index (κ3) is 6.16. The lowest BCUT2D eigenvalue weighted by Crippen LogP contribution is -2.43. The van der Waals surface area contributed by atoms with E-state index < -0.39 is 5.60 Å². The van der Waals surface area contributed by atoms with Crippen molar-refractivity contribution in [1.82, 2.24) is 10.2 Å². The molecule has 1 fully saturated rings. The summed E-state index contributed by atoms with van der Waals surface area (Å²) < 4.78 is 5.46. The number of nitrogens with one attached hydrogen (secondary N) is 1. The second kappa shape index (κ2) is 10.4. The second-order valence-electron chi connectivity index (χ2n) is 10.3. The van der Waals surface area contributed by atoms with Gasteiger partial charge in [0.25, 0.3) is 5.91 Å². The van der Waals surface area contributed by atoms with Crippen LogP contribution in [-0.4, -0.2) is 48.7 Å². The van der Waals surface area contributed by atoms with Crippen molar-refractivity contribution >= 4 is 17.7 Å². The van der Waals surface area contributed by atoms with Gasteiger partial charge in [0.2, 0.25) is 0 Å². The van der Waals surface area contributed by atoms with Gasteiger partial charge in [-0.05, 0) is 93.8 Å². The Morgan fingerprint density at radius 1 is 1.03 bits per heavy atom. The quantitative estimate of drug-likeness (QED) is 0.630. The molecule has 0 spiro atoms. The van der Waals surface area contributed by atoms with Gasteiger partial charge < -0.3 is 19.9 Å². The minimum absolute atomic E-state index is 0.0612. The number of piperidine rings is 1. The van der Waals surface area contributed by atoms with Crippen LogP contribution in [0.5, 0.6) is 0 Å². The molecule has 0 radical (unpaired) electrons. The third-order valence-corrected chi connectivity index (χ3v) is 6.52. The molecule has 0 atom stereocenters. The maximum absolute atomic E-state index is 12.7. The minimum Gasteiger partial charge on any atom is -0.444 e. The topological polar surface area (TPSA) is 61.9 Å². The van der Waals surface area contributed by atoms with Crippen LogP contribution in [0.4, 0.5) is 10.5 Å². The first kappa shape index (κ1) is 24.7. The van der Waals surface area contributed by atoms with Crippen LogP contribution in [-0.2, 0) is 11.2 Å². The van der Waals surface area contributed by atoms with E-state index in [0.717, 1.165) is 36.9 Å². The van der Waals surface area contributed by atoms with E-state index in [0.29, 0.717) is 31.1 Å². The fourth-order valence-electron chi connectivity index (χ4n) is 4.63. The summed E-state index contributed by atoms with van der Waals surface area (Å²) in [5, 5.41) is 3.07. The van der Waals surface area contributed by atoms with Crippen LogP contribution >= 0.6 is 0 Å². The van der Waals surface area contributed by atoms with E-state index >= 15 is 0 Å². The number of likely N-dealkylation sites (tertiary alicyclic amines) is 1. The Bertz CT molecular complexity index is 1130. The third-order valence-electron chi connectivity index (χ3n) is 6.52. The maximum atomic E-state index is 12.7. The van der Waals surface area contributed by atoms with Gasteiger partial charge in [-0.15, -0.1) is 0 Å². The highest BCUT2D eigenvalue weighted by molar-refractivity contribution is 5.94. The van der Waals surface area contributed by atoms with Crippen LogP contribution in [0, 0.1) is 17.9 Å². The van der Waals surface area contributed by atoms with Crippen molar-refractivity contribution in [3.05, 3.63) is 53.6 Å². The number of hydrogen-bond donors (Lipinski definition) is 1. The van der Waals surface area contributed by atoms with E-state index in [9.17, 15) is 9.59 Å². The number of hydrogen-bond acceptors (Lipinski definition) is 4. The first-order chi connectivity index (χ1) is 16.7. The number of carbonyl (C=O) groups is 2. The molecular formula is C29H35N3O3. The summed E-state index contributed by atoms with van der Waals surface area (Å²) in [7, 11) is 0. The average molecular weight is 474 g/mol. The fraction of sp³-hybridized carbons (Fsp3) is 0.448. The molecule has 6 nitrogen and oxygen atoms in total. The molecule has 35 heavy (non-hydrogen) atoms. The molecule has 2 aliphatic heterocycles. The van der Waals surface area contributed by atoms with E-state index in [2.05, 4.69) is 40.4 Å². The predicted octanol–water partition coefficient (Wildman–Crippen LogP) is 5.07. The Morgan fingerprint density at radius 2 is 1.71 bits per heavy atom. The molecule has 0 aliphatic carbocycles. The maximum Gasteiger partial charge on any atom is 0.410 e. The number of rotatable bonds is 4. The standard InChI is InChI=1S/C29H35N3O3/c1-5-15-31-18-14-25-19-24(10-11-26(25)31)22-6-8-23(9-7-22)27(33)30-20-21-12-16-32(17-13-21)28(34)35-29(2,3)4/h6-11,19,21H,12-14,16-18,20H2,1-4H3,(H,30,33). The summed E-state index contributed by atoms with van der Waals surface area (Å²) >= 11 is 0. The van der Waals surface area contributed by atoms with Gasteiger partial charge >= 0.3 is 6.09 Å². The first-order valence-corrected chi connectivity index (χ1v) is 12.4. The Balaban J connectivity index is 1.28. The SMILES string of the molecule is CC#CN1CCc2cc(-c3ccc(C(=O)NCC4CCN(C(=O)OC(C)(C)C)CC4)cc3)ccc21. The van der Waals surface area contributed by atoms with Gasteiger partial charge in [-0.2, -0.15) is 0 Å². The normalized spacial score (nSPS) is 15.8. The van der Waals surface area contributed by atoms with E-state index in [1.165, 1.54) is 11.3 Å². The van der Waals surface area contributed by atoms with Gasteiger partial charge in [0.1, 0.15) is 5.60 Å². The van der Waals surface area contributed by atoms with Crippen LogP contribution in [0.25, 0.3) is 11.1 Å². The number of anilines is 1. The van der Waals surface area contributed by atoms with Gasteiger partial charge in [-0.25, -0.2) is 4.79 Å². The molecule has 2 aromatic rings. The summed E-state index contributed by atoms with van der Waals surface area (Å²) in [5.74, 6) is 3.28. The Morgan fingerprint density at radius 3 is 2.37 bits per heavy atom. The van der Waals surface area contributed by atoms with Crippen molar-refractivity contribution in [3.63, 3.8) is 0 Å². The highest BCUT2D eigenvalue weighted by Gasteiger charge is 2.27. The molecule has 1 saturated heterocycles. The lowest BCUT2D eigenvalue weighted by molar-refractivity contribution is 0.0183. The second-order valence-corrected chi connectivity index (χ2v) is 10.3. The zero-order chi connectivity index (χ0) is 25.0. The van der Waals surface area contributed by atoms with Crippen LogP contribution < -0.4 is 10.2 Å². The molecule has 1 N–H and O–H groups in total. The first-order valence-electron chi connectivity index (χ1n) is 12.4. The number of carbonyl (C=O) groups excluding carboxylic acids is 2. The van der Waals surface area contributed by atoms with Crippen molar-refractivity contribution in [2.24, 2.45) is 5.92 Å². The summed E-state index contributed by atoms with van der Waals surface area (Å²) in [6, 6.07) is 17.4. The number of benzene rings is 2. The van der Waals surface area contributed by atoms with Gasteiger partial charge in [-0.3, -0.25) is 4.79 Å². The number of amides is 2. The van der Waals surface area contributed by atoms with Crippen molar-refractivity contribution in [2.45, 2.75) is 52.6 Å². The molecule has 6 heteroatoms. The molecule has 2 aromatic carbocycles. The minimum atomic E-state index is -0.483. The summed E-state index contributed by atoms with van der Waals surface area (Å²) in [6.45, 7) is 10.4. The highest BCUT2D eigenvalue weighted by atomic mass is 16.6. The van der Waals surface area contributed by atoms with Crippen molar-refractivity contribution < 1.29 is 14.3 Å². The molecule has 2 heterocycles. The number of fused-ring (bicyclic) bond motifs is 1. The largest absolute Gasteiger partial charge is 0.444 e. The smallest absolute Gasteiger partial charge is 0.410 e. The van der Waals surface area contributed by atoms with E-state index in [1.54, 1.807) is 4.90 Å². The highest BCUT2D eigenvalue weighted by Crippen LogP contribution is 2.32. The molecule has 0 saturated carbocycles. The summed E-state index contributed by atoms with van der Waals surface area (Å²) in [6.07, 6.45) is 2.46. The van der Waals surface area contributed by atoms with Crippen molar-refractivity contribution in [3.8, 4) is 23.1 Å². The van der Waals surface area contributed by atoms with Gasteiger partial charge in [0.15, 0.2) is 0 Å². The van der Waals surface area contributed by atoms with Crippen molar-refractivity contribution in [2.75, 3.05) is 31.1 Å². The lowest BCUT2D eigenvalue weighted by Gasteiger charge is -2.33. The Kier molecular flexibility index (Phi) is 7.35. The fourth-order valence-corrected chi connectivity index (χ4v) is 4.63. The van der Waals surface area contributed by atoms with E-state index in [4.69, 9.17) is 4.74 Å². The molecule has 184 valence electrons. The van der Waals surface area contributed by atoms with Crippen LogP contribution in [0.1, 0.15) is 56.5 Å². The monoisotopic (exact) mass is 473 g/mol. The molecule has 0 bridgehead atoms. The summed E-state index contributed by atoms with van der Waals surface area (Å²) in [5.41, 5.74) is 4.92. The van der Waals surface area contributed by atoms with Crippen LogP contribution in [0.15, 0.2) is 42.5 Å². The molecule has 4 rings (SSSR count). The number of ether oxygens (including phenoxy) is 1. The summed E-state index contributed by atoms with van der Waals surface area (Å²) in [4.78, 5) is 28.8. The molecule has 2 amide bonds. The Hall–Kier alpha value is -3.46. The molecule has 0 unspecified atom stereocenters. The van der Waals surface area contributed by atoms with Gasteiger partial charge in [-0.1, -0.05) is 24.1 Å². The average Bonchev–Trinajstić information content (AvgIpc) is 3.24. The van der Waals surface area contributed by atoms with Gasteiger partial charge in [0, 0.05) is 37.8 Å². The number of nitrogens with zero attached hydrogens (tertiary/aromatic N) is 2. The molecule has 2 aliphatic rings. The predicted molar refractivity (Wildman–Crippen MR) is 139 cm³/mol. The van der Waals surface area contributed by atoms with Crippen LogP contribution in [0.3, 0.4) is 0 Å². The van der Waals surface area contributed by atoms with E-state index in [1.807, 2.05) is 52.0 Å². The zero-order valence-electron chi connectivity index (χ0n) is 21.2. The molecule has 0 aromatic heterocycles. The van der Waals surface area contributed by atoms with Crippen molar-refractivity contribution in [1.29, 1.82) is 0 Å². The van der Waals surface area contributed by atoms with Gasteiger partial charge in [0.05, 0.1) is 5.69 Å².